The van der Waals surface area contributed by atoms with Gasteiger partial charge in [0.15, 0.2) is 0 Å². The molecule has 2 N–H and O–H groups in total. The molecule has 1 fully saturated rings. The Bertz CT molecular complexity index is 465. The van der Waals surface area contributed by atoms with Crippen LogP contribution in [0.3, 0.4) is 0 Å². The van der Waals surface area contributed by atoms with Gasteiger partial charge in [-0.05, 0) is 57.7 Å². The molecule has 3 nitrogen and oxygen atoms in total. The molecule has 1 aliphatic rings. The highest BCUT2D eigenvalue weighted by Gasteiger charge is 2.14. The van der Waals surface area contributed by atoms with Crippen molar-refractivity contribution in [3.63, 3.8) is 0 Å². The molecule has 3 heteroatoms. The lowest BCUT2D eigenvalue weighted by molar-refractivity contribution is -0.116. The van der Waals surface area contributed by atoms with E-state index in [0.717, 1.165) is 29.8 Å². The van der Waals surface area contributed by atoms with Crippen LogP contribution in [0.2, 0.25) is 0 Å². The maximum absolute atomic E-state index is 12.2. The minimum atomic E-state index is 0.135. The SMILES string of the molecule is Cc1cc(C)c(NC(=O)CCC2CCCCCN2)c(C)c1. The highest BCUT2D eigenvalue weighted by Crippen LogP contribution is 2.22. The predicted molar refractivity (Wildman–Crippen MR) is 88.8 cm³/mol. The van der Waals surface area contributed by atoms with Crippen LogP contribution in [0.25, 0.3) is 0 Å². The summed E-state index contributed by atoms with van der Waals surface area (Å²) >= 11 is 0. The quantitative estimate of drug-likeness (QED) is 0.883. The van der Waals surface area contributed by atoms with Crippen LogP contribution in [-0.4, -0.2) is 18.5 Å². The minimum absolute atomic E-state index is 0.135. The van der Waals surface area contributed by atoms with Crippen LogP contribution < -0.4 is 10.6 Å². The second kappa shape index (κ2) is 7.60. The summed E-state index contributed by atoms with van der Waals surface area (Å²) in [7, 11) is 0. The first kappa shape index (κ1) is 16.0. The fourth-order valence-electron chi connectivity index (χ4n) is 3.23. The third-order valence-electron chi connectivity index (χ3n) is 4.32. The van der Waals surface area contributed by atoms with Crippen LogP contribution >= 0.6 is 0 Å². The second-order valence-electron chi connectivity index (χ2n) is 6.36. The average Bonchev–Trinajstić information content (AvgIpc) is 2.69. The van der Waals surface area contributed by atoms with E-state index < -0.39 is 0 Å². The third-order valence-corrected chi connectivity index (χ3v) is 4.32. The Hall–Kier alpha value is -1.35. The van der Waals surface area contributed by atoms with Gasteiger partial charge in [0.25, 0.3) is 0 Å². The molecule has 0 aliphatic carbocycles. The molecular weight excluding hydrogens is 260 g/mol. The van der Waals surface area contributed by atoms with E-state index in [4.69, 9.17) is 0 Å². The number of carbonyl (C=O) groups excluding carboxylic acids is 1. The van der Waals surface area contributed by atoms with Gasteiger partial charge in [-0.2, -0.15) is 0 Å². The van der Waals surface area contributed by atoms with E-state index in [0.29, 0.717) is 12.5 Å². The van der Waals surface area contributed by atoms with E-state index in [1.807, 2.05) is 0 Å². The Labute approximate surface area is 128 Å². The van der Waals surface area contributed by atoms with Crippen LogP contribution in [0.4, 0.5) is 5.69 Å². The molecule has 1 aromatic rings. The van der Waals surface area contributed by atoms with E-state index in [9.17, 15) is 4.79 Å². The average molecular weight is 288 g/mol. The van der Waals surface area contributed by atoms with Gasteiger partial charge >= 0.3 is 0 Å². The Morgan fingerprint density at radius 2 is 1.90 bits per heavy atom. The fourth-order valence-corrected chi connectivity index (χ4v) is 3.23. The number of carbonyl (C=O) groups is 1. The van der Waals surface area contributed by atoms with Crippen LogP contribution in [0.5, 0.6) is 0 Å². The molecule has 0 radical (unpaired) electrons. The maximum atomic E-state index is 12.2. The summed E-state index contributed by atoms with van der Waals surface area (Å²) in [5.74, 6) is 0.135. The standard InChI is InChI=1S/C18H28N2O/c1-13-11-14(2)18(15(3)12-13)20-17(21)9-8-16-7-5-4-6-10-19-16/h11-12,16,19H,4-10H2,1-3H3,(H,20,21). The number of hydrogen-bond donors (Lipinski definition) is 2. The zero-order chi connectivity index (χ0) is 15.2. The van der Waals surface area contributed by atoms with Crippen molar-refractivity contribution >= 4 is 11.6 Å². The van der Waals surface area contributed by atoms with Crippen molar-refractivity contribution in [2.45, 2.75) is 65.3 Å². The molecule has 116 valence electrons. The van der Waals surface area contributed by atoms with Gasteiger partial charge in [0.05, 0.1) is 0 Å². The molecular formula is C18H28N2O. The summed E-state index contributed by atoms with van der Waals surface area (Å²) in [4.78, 5) is 12.2. The van der Waals surface area contributed by atoms with Crippen molar-refractivity contribution in [3.05, 3.63) is 28.8 Å². The monoisotopic (exact) mass is 288 g/mol. The van der Waals surface area contributed by atoms with Gasteiger partial charge in [0.2, 0.25) is 5.91 Å². The zero-order valence-corrected chi connectivity index (χ0v) is 13.6. The topological polar surface area (TPSA) is 41.1 Å². The first-order chi connectivity index (χ1) is 10.1. The molecule has 1 unspecified atom stereocenters. The Morgan fingerprint density at radius 1 is 1.19 bits per heavy atom. The molecule has 1 heterocycles. The van der Waals surface area contributed by atoms with Crippen LogP contribution in [0.15, 0.2) is 12.1 Å². The number of aryl methyl sites for hydroxylation is 3. The van der Waals surface area contributed by atoms with Gasteiger partial charge in [0.1, 0.15) is 0 Å². The normalized spacial score (nSPS) is 19.1. The van der Waals surface area contributed by atoms with Crippen molar-refractivity contribution < 1.29 is 4.79 Å². The summed E-state index contributed by atoms with van der Waals surface area (Å²) in [6.07, 6.45) is 6.62. The zero-order valence-electron chi connectivity index (χ0n) is 13.6. The first-order valence-electron chi connectivity index (χ1n) is 8.17. The maximum Gasteiger partial charge on any atom is 0.224 e. The number of nitrogens with one attached hydrogen (secondary N) is 2. The van der Waals surface area contributed by atoms with Gasteiger partial charge in [0, 0.05) is 18.2 Å². The molecule has 2 rings (SSSR count). The predicted octanol–water partition coefficient (Wildman–Crippen LogP) is 3.86. The molecule has 0 saturated carbocycles. The molecule has 0 aromatic heterocycles. The lowest BCUT2D eigenvalue weighted by atomic mass is 10.0. The Kier molecular flexibility index (Phi) is 5.80. The number of hydrogen-bond acceptors (Lipinski definition) is 2. The smallest absolute Gasteiger partial charge is 0.224 e. The second-order valence-corrected chi connectivity index (χ2v) is 6.36. The number of rotatable bonds is 4. The van der Waals surface area contributed by atoms with Gasteiger partial charge in [-0.3, -0.25) is 4.79 Å². The van der Waals surface area contributed by atoms with Crippen molar-refractivity contribution in [2.75, 3.05) is 11.9 Å². The van der Waals surface area contributed by atoms with Gasteiger partial charge in [-0.1, -0.05) is 30.5 Å². The highest BCUT2D eigenvalue weighted by molar-refractivity contribution is 5.92. The van der Waals surface area contributed by atoms with Crippen LogP contribution in [-0.2, 0) is 4.79 Å². The summed E-state index contributed by atoms with van der Waals surface area (Å²) < 4.78 is 0. The summed E-state index contributed by atoms with van der Waals surface area (Å²) in [5.41, 5.74) is 4.52. The fraction of sp³-hybridized carbons (Fsp3) is 0.611. The minimum Gasteiger partial charge on any atom is -0.326 e. The third kappa shape index (κ3) is 4.85. The van der Waals surface area contributed by atoms with E-state index in [1.165, 1.54) is 31.2 Å². The lowest BCUT2D eigenvalue weighted by Crippen LogP contribution is -2.29. The highest BCUT2D eigenvalue weighted by atomic mass is 16.1. The summed E-state index contributed by atoms with van der Waals surface area (Å²) in [5, 5.41) is 6.65. The van der Waals surface area contributed by atoms with E-state index in [1.54, 1.807) is 0 Å². The molecule has 21 heavy (non-hydrogen) atoms. The van der Waals surface area contributed by atoms with Crippen molar-refractivity contribution in [1.82, 2.24) is 5.32 Å². The van der Waals surface area contributed by atoms with Crippen molar-refractivity contribution in [1.29, 1.82) is 0 Å². The van der Waals surface area contributed by atoms with Gasteiger partial charge < -0.3 is 10.6 Å². The van der Waals surface area contributed by atoms with Crippen molar-refractivity contribution in [3.8, 4) is 0 Å². The van der Waals surface area contributed by atoms with Gasteiger partial charge in [-0.15, -0.1) is 0 Å². The first-order valence-corrected chi connectivity index (χ1v) is 8.17. The van der Waals surface area contributed by atoms with Crippen LogP contribution in [0, 0.1) is 20.8 Å². The Morgan fingerprint density at radius 3 is 2.62 bits per heavy atom. The number of amides is 1. The molecule has 1 aliphatic heterocycles. The number of benzene rings is 1. The summed E-state index contributed by atoms with van der Waals surface area (Å²) in [6.45, 7) is 7.30. The van der Waals surface area contributed by atoms with Crippen molar-refractivity contribution in [2.24, 2.45) is 0 Å². The molecule has 0 bridgehead atoms. The molecule has 0 spiro atoms. The van der Waals surface area contributed by atoms with Crippen LogP contribution in [0.1, 0.15) is 55.2 Å². The number of anilines is 1. The molecule has 1 aromatic carbocycles. The largest absolute Gasteiger partial charge is 0.326 e. The lowest BCUT2D eigenvalue weighted by Gasteiger charge is -2.16. The summed E-state index contributed by atoms with van der Waals surface area (Å²) in [6, 6.07) is 4.75. The van der Waals surface area contributed by atoms with E-state index >= 15 is 0 Å². The molecule has 1 saturated heterocycles. The van der Waals surface area contributed by atoms with Gasteiger partial charge in [-0.25, -0.2) is 0 Å². The Balaban J connectivity index is 1.87. The molecule has 1 atom stereocenters. The van der Waals surface area contributed by atoms with E-state index in [2.05, 4.69) is 43.5 Å². The van der Waals surface area contributed by atoms with E-state index in [-0.39, 0.29) is 5.91 Å². The molecule has 1 amide bonds.